The van der Waals surface area contributed by atoms with Crippen LogP contribution in [0.15, 0.2) is 264 Å². The van der Waals surface area contributed by atoms with E-state index in [1.54, 1.807) is 0 Å². The Morgan fingerprint density at radius 3 is 0.773 bits per heavy atom. The number of hydrogen-bond donors (Lipinski definition) is 0. The first kappa shape index (κ1) is 38.8. The Morgan fingerprint density at radius 2 is 0.470 bits per heavy atom. The van der Waals surface area contributed by atoms with Crippen molar-refractivity contribution in [2.24, 2.45) is 0 Å². The molecule has 0 saturated heterocycles. The molecule has 10 aromatic carbocycles. The first-order valence-corrected chi connectivity index (χ1v) is 22.3. The second-order valence-electron chi connectivity index (χ2n) is 16.4. The summed E-state index contributed by atoms with van der Waals surface area (Å²) in [5.74, 6) is 1.65. The lowest BCUT2D eigenvalue weighted by Gasteiger charge is -2.25. The zero-order chi connectivity index (χ0) is 43.8. The monoisotopic (exact) mass is 846 g/mol. The highest BCUT2D eigenvalue weighted by atomic mass is 16.3. The van der Waals surface area contributed by atoms with Gasteiger partial charge in [0, 0.05) is 77.9 Å². The summed E-state index contributed by atoms with van der Waals surface area (Å²) in [4.78, 5) is 4.55. The van der Waals surface area contributed by atoms with Crippen molar-refractivity contribution in [2.45, 2.75) is 0 Å². The third-order valence-corrected chi connectivity index (χ3v) is 12.5. The molecule has 66 heavy (non-hydrogen) atoms. The van der Waals surface area contributed by atoms with Gasteiger partial charge in [0.05, 0.1) is 0 Å². The van der Waals surface area contributed by atoms with E-state index in [2.05, 4.69) is 265 Å². The minimum absolute atomic E-state index is 0.826. The van der Waals surface area contributed by atoms with Crippen molar-refractivity contribution >= 4 is 66.8 Å². The predicted molar refractivity (Wildman–Crippen MR) is 275 cm³/mol. The Labute approximate surface area is 383 Å². The highest BCUT2D eigenvalue weighted by molar-refractivity contribution is 6.20. The molecule has 0 bridgehead atoms. The van der Waals surface area contributed by atoms with Crippen LogP contribution in [0, 0.1) is 0 Å². The number of rotatable bonds is 10. The predicted octanol–water partition coefficient (Wildman–Crippen LogP) is 17.9. The molecule has 0 fully saturated rings. The van der Waals surface area contributed by atoms with Crippen molar-refractivity contribution in [3.8, 4) is 44.9 Å². The van der Waals surface area contributed by atoms with Crippen molar-refractivity contribution in [1.29, 1.82) is 0 Å². The van der Waals surface area contributed by atoms with E-state index in [4.69, 9.17) is 8.83 Å². The first-order valence-electron chi connectivity index (χ1n) is 22.3. The number of nitrogens with zero attached hydrogens (tertiary/aromatic N) is 2. The van der Waals surface area contributed by atoms with Crippen molar-refractivity contribution in [3.05, 3.63) is 255 Å². The summed E-state index contributed by atoms with van der Waals surface area (Å²) in [5, 5.41) is 4.09. The van der Waals surface area contributed by atoms with Crippen LogP contribution in [0.1, 0.15) is 0 Å². The molecule has 0 unspecified atom stereocenters. The lowest BCUT2D eigenvalue weighted by atomic mass is 9.95. The van der Waals surface area contributed by atoms with E-state index in [0.29, 0.717) is 0 Å². The van der Waals surface area contributed by atoms with Crippen LogP contribution in [0.5, 0.6) is 0 Å². The largest absolute Gasteiger partial charge is 0.455 e. The van der Waals surface area contributed by atoms with Crippen LogP contribution < -0.4 is 9.80 Å². The SMILES string of the molecule is c1ccc(-c2c(-c3ccc(N(c4ccccc4)c4ccccc4)cc3)oc3c2ccc2c3ccc3c(-c4ccccc4)c(-c4ccc(N(c5ccccc5)c5ccccc5)cc4)oc32)cc1. The zero-order valence-corrected chi connectivity index (χ0v) is 36.0. The molecule has 0 aliphatic heterocycles. The minimum atomic E-state index is 0.826. The molecule has 12 aromatic rings. The summed E-state index contributed by atoms with van der Waals surface area (Å²) in [6.45, 7) is 0. The van der Waals surface area contributed by atoms with Gasteiger partial charge >= 0.3 is 0 Å². The Bertz CT molecular complexity index is 3270. The number of para-hydroxylation sites is 4. The van der Waals surface area contributed by atoms with Crippen LogP contribution in [-0.4, -0.2) is 0 Å². The van der Waals surface area contributed by atoms with E-state index in [-0.39, 0.29) is 0 Å². The minimum Gasteiger partial charge on any atom is -0.455 e. The van der Waals surface area contributed by atoms with Crippen LogP contribution in [-0.2, 0) is 0 Å². The molecule has 4 heteroatoms. The van der Waals surface area contributed by atoms with E-state index in [1.165, 1.54) is 0 Å². The first-order chi connectivity index (χ1) is 32.8. The Hall–Kier alpha value is -8.86. The zero-order valence-electron chi connectivity index (χ0n) is 36.0. The molecule has 0 amide bonds. The molecule has 0 aliphatic carbocycles. The topological polar surface area (TPSA) is 32.8 Å². The second-order valence-corrected chi connectivity index (χ2v) is 16.4. The molecule has 4 nitrogen and oxygen atoms in total. The smallest absolute Gasteiger partial charge is 0.143 e. The number of anilines is 6. The highest BCUT2D eigenvalue weighted by Gasteiger charge is 2.24. The normalized spacial score (nSPS) is 11.3. The molecule has 312 valence electrons. The molecular formula is C62H42N2O2. The lowest BCUT2D eigenvalue weighted by molar-refractivity contribution is 0.633. The molecule has 0 aliphatic rings. The number of benzene rings is 10. The van der Waals surface area contributed by atoms with Gasteiger partial charge in [0.15, 0.2) is 0 Å². The van der Waals surface area contributed by atoms with E-state index >= 15 is 0 Å². The van der Waals surface area contributed by atoms with Gasteiger partial charge in [-0.05, 0) is 132 Å². The average Bonchev–Trinajstić information content (AvgIpc) is 3.99. The van der Waals surface area contributed by atoms with Gasteiger partial charge in [-0.3, -0.25) is 0 Å². The maximum atomic E-state index is 7.13. The van der Waals surface area contributed by atoms with Crippen molar-refractivity contribution < 1.29 is 8.83 Å². The van der Waals surface area contributed by atoms with Crippen LogP contribution in [0.25, 0.3) is 77.6 Å². The molecule has 2 heterocycles. The summed E-state index contributed by atoms with van der Waals surface area (Å²) in [6.07, 6.45) is 0. The molecule has 2 aromatic heterocycles. The number of fused-ring (bicyclic) bond motifs is 5. The van der Waals surface area contributed by atoms with Crippen LogP contribution >= 0.6 is 0 Å². The molecule has 0 radical (unpaired) electrons. The van der Waals surface area contributed by atoms with Gasteiger partial charge in [-0.2, -0.15) is 0 Å². The fourth-order valence-electron chi connectivity index (χ4n) is 9.43. The summed E-state index contributed by atoms with van der Waals surface area (Å²) >= 11 is 0. The fourth-order valence-corrected chi connectivity index (χ4v) is 9.43. The van der Waals surface area contributed by atoms with E-state index in [1.807, 2.05) is 0 Å². The van der Waals surface area contributed by atoms with E-state index in [0.717, 1.165) is 112 Å². The molecule has 0 spiro atoms. The second kappa shape index (κ2) is 16.7. The quantitative estimate of drug-likeness (QED) is 0.137. The van der Waals surface area contributed by atoms with Crippen molar-refractivity contribution in [2.75, 3.05) is 9.80 Å². The van der Waals surface area contributed by atoms with Crippen molar-refractivity contribution in [1.82, 2.24) is 0 Å². The number of hydrogen-bond acceptors (Lipinski definition) is 4. The molecular weight excluding hydrogens is 805 g/mol. The summed E-state index contributed by atoms with van der Waals surface area (Å²) < 4.78 is 14.3. The highest BCUT2D eigenvalue weighted by Crippen LogP contribution is 2.48. The Morgan fingerprint density at radius 1 is 0.212 bits per heavy atom. The fraction of sp³-hybridized carbons (Fsp3) is 0. The average molecular weight is 847 g/mol. The summed E-state index contributed by atoms with van der Waals surface area (Å²) in [6, 6.07) is 89.3. The Balaban J connectivity index is 1.000. The van der Waals surface area contributed by atoms with E-state index < -0.39 is 0 Å². The van der Waals surface area contributed by atoms with Gasteiger partial charge in [-0.25, -0.2) is 0 Å². The lowest BCUT2D eigenvalue weighted by Crippen LogP contribution is -2.09. The van der Waals surface area contributed by atoms with Gasteiger partial charge in [0.1, 0.15) is 22.7 Å². The number of furan rings is 2. The van der Waals surface area contributed by atoms with Crippen LogP contribution in [0.2, 0.25) is 0 Å². The van der Waals surface area contributed by atoms with Gasteiger partial charge in [-0.15, -0.1) is 0 Å². The molecule has 0 N–H and O–H groups in total. The van der Waals surface area contributed by atoms with Crippen LogP contribution in [0.4, 0.5) is 34.1 Å². The molecule has 0 saturated carbocycles. The van der Waals surface area contributed by atoms with Crippen molar-refractivity contribution in [3.63, 3.8) is 0 Å². The standard InChI is InChI=1S/C62H42N2O2/c1-7-19-43(20-8-1)57-55-41-39-54-53(61(55)65-59(57)45-31-35-51(36-32-45)63(47-23-11-3-12-24-47)48-25-13-4-14-26-48)40-42-56-58(44-21-9-2-10-22-44)60(66-62(54)56)46-33-37-52(38-34-46)64(49-27-15-5-16-28-49)50-29-17-6-18-30-50/h1-42H. The maximum Gasteiger partial charge on any atom is 0.143 e. The third kappa shape index (κ3) is 6.89. The van der Waals surface area contributed by atoms with Gasteiger partial charge < -0.3 is 18.6 Å². The van der Waals surface area contributed by atoms with E-state index in [9.17, 15) is 0 Å². The summed E-state index contributed by atoms with van der Waals surface area (Å²) in [5.41, 5.74) is 14.5. The van der Waals surface area contributed by atoms with Crippen LogP contribution in [0.3, 0.4) is 0 Å². The summed E-state index contributed by atoms with van der Waals surface area (Å²) in [7, 11) is 0. The molecule has 12 rings (SSSR count). The third-order valence-electron chi connectivity index (χ3n) is 12.5. The maximum absolute atomic E-state index is 7.13. The molecule has 0 atom stereocenters. The van der Waals surface area contributed by atoms with Gasteiger partial charge in [0.2, 0.25) is 0 Å². The van der Waals surface area contributed by atoms with Gasteiger partial charge in [0.25, 0.3) is 0 Å². The van der Waals surface area contributed by atoms with Gasteiger partial charge in [-0.1, -0.05) is 133 Å². The Kier molecular flexibility index (Phi) is 9.81.